The van der Waals surface area contributed by atoms with E-state index in [1.165, 1.54) is 4.40 Å². The van der Waals surface area contributed by atoms with E-state index in [-0.39, 0.29) is 29.5 Å². The third-order valence-corrected chi connectivity index (χ3v) is 10.5. The number of rotatable bonds is 12. The molecule has 2 aliphatic rings. The van der Waals surface area contributed by atoms with Crippen molar-refractivity contribution in [1.29, 1.82) is 0 Å². The smallest absolute Gasteiger partial charge is 0.261 e. The topological polar surface area (TPSA) is 139 Å². The van der Waals surface area contributed by atoms with Crippen LogP contribution >= 0.6 is 23.2 Å². The van der Waals surface area contributed by atoms with Gasteiger partial charge in [-0.3, -0.25) is 18.8 Å². The van der Waals surface area contributed by atoms with Crippen LogP contribution in [0.15, 0.2) is 71.7 Å². The first-order valence-corrected chi connectivity index (χ1v) is 18.1. The summed E-state index contributed by atoms with van der Waals surface area (Å²) in [4.78, 5) is 46.0. The lowest BCUT2D eigenvalue weighted by Crippen LogP contribution is -2.36. The Kier molecular flexibility index (Phi) is 10.6. The van der Waals surface area contributed by atoms with Gasteiger partial charge in [-0.25, -0.2) is 9.97 Å². The largest absolute Gasteiger partial charge is 0.481 e. The van der Waals surface area contributed by atoms with Gasteiger partial charge in [0.25, 0.3) is 5.56 Å². The molecule has 2 unspecified atom stereocenters. The second-order valence-electron chi connectivity index (χ2n) is 13.2. The molecule has 52 heavy (non-hydrogen) atoms. The van der Waals surface area contributed by atoms with E-state index in [1.54, 1.807) is 20.2 Å². The monoisotopic (exact) mass is 739 g/mol. The van der Waals surface area contributed by atoms with Gasteiger partial charge in [0.2, 0.25) is 17.7 Å². The minimum Gasteiger partial charge on any atom is -0.481 e. The van der Waals surface area contributed by atoms with E-state index in [9.17, 15) is 14.4 Å². The van der Waals surface area contributed by atoms with Crippen LogP contribution in [0.25, 0.3) is 39.2 Å². The fourth-order valence-electron chi connectivity index (χ4n) is 6.85. The second kappa shape index (κ2) is 15.4. The average Bonchev–Trinajstić information content (AvgIpc) is 3.77. The number of nitrogens with one attached hydrogen (secondary N) is 4. The molecule has 0 aliphatic carbocycles. The molecule has 2 aliphatic heterocycles. The molecule has 0 radical (unpaired) electrons. The highest BCUT2D eigenvalue weighted by Crippen LogP contribution is 2.42. The lowest BCUT2D eigenvalue weighted by atomic mass is 9.97. The van der Waals surface area contributed by atoms with E-state index in [1.807, 2.05) is 60.7 Å². The zero-order chi connectivity index (χ0) is 36.4. The quantitative estimate of drug-likeness (QED) is 0.133. The molecule has 3 aromatic heterocycles. The van der Waals surface area contributed by atoms with E-state index in [0.717, 1.165) is 46.2 Å². The van der Waals surface area contributed by atoms with Crippen molar-refractivity contribution in [3.05, 3.63) is 104 Å². The lowest BCUT2D eigenvalue weighted by molar-refractivity contribution is -0.120. The molecule has 0 saturated carbocycles. The number of nitrogens with zero attached hydrogens (tertiary/aromatic N) is 3. The molecule has 13 heteroatoms. The third kappa shape index (κ3) is 7.40. The molecule has 2 atom stereocenters. The van der Waals surface area contributed by atoms with Gasteiger partial charge in [-0.05, 0) is 43.5 Å². The van der Waals surface area contributed by atoms with Crippen LogP contribution < -0.4 is 31.6 Å². The Morgan fingerprint density at radius 1 is 0.808 bits per heavy atom. The van der Waals surface area contributed by atoms with E-state index < -0.39 is 0 Å². The Labute approximate surface area is 311 Å². The number of hydrogen-bond acceptors (Lipinski definition) is 8. The number of fused-ring (bicyclic) bond motifs is 1. The van der Waals surface area contributed by atoms with Gasteiger partial charge < -0.3 is 26.0 Å². The molecule has 5 aromatic rings. The number of benzene rings is 2. The van der Waals surface area contributed by atoms with Crippen molar-refractivity contribution in [3.63, 3.8) is 0 Å². The molecular weight excluding hydrogens is 701 g/mol. The maximum Gasteiger partial charge on any atom is 0.261 e. The number of aromatic nitrogens is 3. The molecule has 11 nitrogen and oxygen atoms in total. The first kappa shape index (κ1) is 35.6. The maximum atomic E-state index is 13.3. The number of amides is 2. The van der Waals surface area contributed by atoms with Crippen LogP contribution in [-0.2, 0) is 22.7 Å². The molecule has 7 rings (SSSR count). The minimum atomic E-state index is -0.139. The predicted molar refractivity (Wildman–Crippen MR) is 203 cm³/mol. The summed E-state index contributed by atoms with van der Waals surface area (Å²) in [6, 6.07) is 19.4. The number of pyridine rings is 2. The van der Waals surface area contributed by atoms with Crippen molar-refractivity contribution in [2.75, 3.05) is 20.2 Å². The average molecular weight is 741 g/mol. The van der Waals surface area contributed by atoms with E-state index in [0.29, 0.717) is 77.5 Å². The molecule has 4 N–H and O–H groups in total. The van der Waals surface area contributed by atoms with Gasteiger partial charge in [0, 0.05) is 90.7 Å². The minimum absolute atomic E-state index is 0.0661. The van der Waals surface area contributed by atoms with Crippen molar-refractivity contribution in [2.24, 2.45) is 0 Å². The van der Waals surface area contributed by atoms with Gasteiger partial charge in [0.05, 0.1) is 28.5 Å². The number of halogens is 2. The molecule has 0 bridgehead atoms. The molecule has 5 heterocycles. The first-order chi connectivity index (χ1) is 25.2. The van der Waals surface area contributed by atoms with Crippen molar-refractivity contribution in [2.45, 2.75) is 57.8 Å². The Morgan fingerprint density at radius 3 is 2.06 bits per heavy atom. The normalized spacial score (nSPS) is 17.1. The fraction of sp³-hybridized carbons (Fsp3) is 0.308. The third-order valence-electron chi connectivity index (χ3n) is 9.72. The predicted octanol–water partition coefficient (Wildman–Crippen LogP) is 5.45. The Balaban J connectivity index is 1.13. The van der Waals surface area contributed by atoms with E-state index in [4.69, 9.17) is 37.9 Å². The van der Waals surface area contributed by atoms with Gasteiger partial charge in [-0.2, -0.15) is 0 Å². The van der Waals surface area contributed by atoms with Crippen LogP contribution in [0.1, 0.15) is 42.5 Å². The highest BCUT2D eigenvalue weighted by atomic mass is 35.5. The fourth-order valence-corrected chi connectivity index (χ4v) is 7.51. The summed E-state index contributed by atoms with van der Waals surface area (Å²) >= 11 is 14.3. The number of methoxy groups -OCH3 is 1. The molecule has 2 saturated heterocycles. The van der Waals surface area contributed by atoms with Gasteiger partial charge in [0.1, 0.15) is 5.65 Å². The molecule has 2 aromatic carbocycles. The molecule has 268 valence electrons. The Hall–Kier alpha value is -4.81. The number of carbonyl (C=O) groups excluding carboxylic acids is 2. The van der Waals surface area contributed by atoms with E-state index >= 15 is 0 Å². The van der Waals surface area contributed by atoms with Gasteiger partial charge in [-0.15, -0.1) is 0 Å². The molecular formula is C39H39Cl2N7O4. The summed E-state index contributed by atoms with van der Waals surface area (Å²) in [6.45, 7) is 3.99. The first-order valence-electron chi connectivity index (χ1n) is 17.3. The second-order valence-corrected chi connectivity index (χ2v) is 14.0. The SMILES string of the molecule is COc1nc(-c2cccc(-c3cccc(-c4ccn5c(=O)c(C)c(CNCC6CCC(=O)N6)nc5c4)c3Cl)c2Cl)ccc1CNCC1CCC(=O)N1. The van der Waals surface area contributed by atoms with Crippen molar-refractivity contribution in [3.8, 4) is 39.4 Å². The summed E-state index contributed by atoms with van der Waals surface area (Å²) in [6.07, 6.45) is 4.44. The highest BCUT2D eigenvalue weighted by Gasteiger charge is 2.22. The zero-order valence-electron chi connectivity index (χ0n) is 28.9. The van der Waals surface area contributed by atoms with Crippen LogP contribution in [0.5, 0.6) is 5.88 Å². The summed E-state index contributed by atoms with van der Waals surface area (Å²) < 4.78 is 7.19. The van der Waals surface area contributed by atoms with Gasteiger partial charge >= 0.3 is 0 Å². The van der Waals surface area contributed by atoms with Crippen molar-refractivity contribution >= 4 is 40.7 Å². The molecule has 2 fully saturated rings. The van der Waals surface area contributed by atoms with Crippen molar-refractivity contribution < 1.29 is 14.3 Å². The van der Waals surface area contributed by atoms with Crippen LogP contribution in [0.2, 0.25) is 10.0 Å². The zero-order valence-corrected chi connectivity index (χ0v) is 30.4. The van der Waals surface area contributed by atoms with Crippen molar-refractivity contribution in [1.82, 2.24) is 35.6 Å². The Morgan fingerprint density at radius 2 is 1.42 bits per heavy atom. The number of carbonyl (C=O) groups is 2. The van der Waals surface area contributed by atoms with Crippen LogP contribution in [0.4, 0.5) is 0 Å². The molecule has 0 spiro atoms. The molecule has 2 amide bonds. The van der Waals surface area contributed by atoms with Crippen LogP contribution in [0.3, 0.4) is 0 Å². The van der Waals surface area contributed by atoms with E-state index in [2.05, 4.69) is 21.3 Å². The Bertz CT molecular complexity index is 2240. The summed E-state index contributed by atoms with van der Waals surface area (Å²) in [5.74, 6) is 0.646. The number of ether oxygens (including phenoxy) is 1. The standard InChI is InChI=1S/C39H39Cl2N7O4/c1-22-32(21-43-20-26-11-14-35(50)45-26)46-33-17-23(15-16-48(33)39(22)51)27-5-3-6-28(36(27)40)29-7-4-8-30(37(29)41)31-12-9-24(38(47-31)52-2)18-42-19-25-10-13-34(49)44-25/h3-9,12,15-17,25-26,42-43H,10-11,13-14,18-21H2,1-2H3,(H,44,49)(H,45,50). The number of hydrogen-bond donors (Lipinski definition) is 4. The summed E-state index contributed by atoms with van der Waals surface area (Å²) in [7, 11) is 1.59. The summed E-state index contributed by atoms with van der Waals surface area (Å²) in [5.41, 5.74) is 6.92. The van der Waals surface area contributed by atoms with Gasteiger partial charge in [0.15, 0.2) is 0 Å². The van der Waals surface area contributed by atoms with Gasteiger partial charge in [-0.1, -0.05) is 65.7 Å². The summed E-state index contributed by atoms with van der Waals surface area (Å²) in [5, 5.41) is 13.7. The van der Waals surface area contributed by atoms with Crippen LogP contribution in [-0.4, -0.2) is 58.5 Å². The lowest BCUT2D eigenvalue weighted by Gasteiger charge is -2.16. The maximum absolute atomic E-state index is 13.3. The highest BCUT2D eigenvalue weighted by molar-refractivity contribution is 6.39. The van der Waals surface area contributed by atoms with Crippen LogP contribution in [0, 0.1) is 6.92 Å².